The molecule has 0 radical (unpaired) electrons. The summed E-state index contributed by atoms with van der Waals surface area (Å²) in [6.07, 6.45) is 7.01. The van der Waals surface area contributed by atoms with Gasteiger partial charge in [-0.25, -0.2) is 0 Å². The molecule has 2 aliphatic heterocycles. The van der Waals surface area contributed by atoms with Crippen LogP contribution in [-0.4, -0.2) is 46.2 Å². The number of rotatable bonds is 5. The van der Waals surface area contributed by atoms with Gasteiger partial charge in [-0.2, -0.15) is 0 Å². The highest BCUT2D eigenvalue weighted by molar-refractivity contribution is 5.89. The molecule has 1 unspecified atom stereocenters. The zero-order chi connectivity index (χ0) is 19.3. The first-order valence-corrected chi connectivity index (χ1v) is 10.2. The fraction of sp³-hybridized carbons (Fsp3) is 0.435. The van der Waals surface area contributed by atoms with E-state index in [-0.39, 0.29) is 17.7 Å². The SMILES string of the molecule is O=C1CC(C(=O)N2CCC(Cc3ccccc3)CC2)CN1Cc1cccnc1. The van der Waals surface area contributed by atoms with Gasteiger partial charge in [-0.1, -0.05) is 36.4 Å². The lowest BCUT2D eigenvalue weighted by molar-refractivity contribution is -0.137. The van der Waals surface area contributed by atoms with Crippen LogP contribution in [-0.2, 0) is 22.6 Å². The van der Waals surface area contributed by atoms with Gasteiger partial charge in [-0.3, -0.25) is 14.6 Å². The van der Waals surface area contributed by atoms with Gasteiger partial charge < -0.3 is 9.80 Å². The third-order valence-corrected chi connectivity index (χ3v) is 5.95. The van der Waals surface area contributed by atoms with E-state index in [1.165, 1.54) is 5.56 Å². The standard InChI is InChI=1S/C23H27N3O2/c27-22-14-21(17-26(22)16-20-7-4-10-24-15-20)23(28)25-11-8-19(9-12-25)13-18-5-2-1-3-6-18/h1-7,10,15,19,21H,8-9,11-14,16-17H2. The minimum atomic E-state index is -0.199. The normalized spacial score (nSPS) is 20.6. The Morgan fingerprint density at radius 2 is 1.79 bits per heavy atom. The van der Waals surface area contributed by atoms with E-state index < -0.39 is 0 Å². The maximum Gasteiger partial charge on any atom is 0.227 e. The summed E-state index contributed by atoms with van der Waals surface area (Å²) in [5, 5.41) is 0. The molecule has 0 saturated carbocycles. The second-order valence-electron chi connectivity index (χ2n) is 7.99. The molecule has 28 heavy (non-hydrogen) atoms. The summed E-state index contributed by atoms with van der Waals surface area (Å²) < 4.78 is 0. The number of pyridine rings is 1. The summed E-state index contributed by atoms with van der Waals surface area (Å²) >= 11 is 0. The van der Waals surface area contributed by atoms with E-state index in [1.807, 2.05) is 23.1 Å². The predicted molar refractivity (Wildman–Crippen MR) is 107 cm³/mol. The second-order valence-corrected chi connectivity index (χ2v) is 7.99. The Balaban J connectivity index is 1.28. The first kappa shape index (κ1) is 18.7. The molecule has 2 aromatic rings. The van der Waals surface area contributed by atoms with Crippen LogP contribution in [0.15, 0.2) is 54.9 Å². The van der Waals surface area contributed by atoms with Gasteiger partial charge in [0.25, 0.3) is 0 Å². The maximum atomic E-state index is 12.9. The van der Waals surface area contributed by atoms with Crippen LogP contribution < -0.4 is 0 Å². The van der Waals surface area contributed by atoms with E-state index in [2.05, 4.69) is 29.2 Å². The summed E-state index contributed by atoms with van der Waals surface area (Å²) in [5.41, 5.74) is 2.38. The quantitative estimate of drug-likeness (QED) is 0.805. The molecule has 0 bridgehead atoms. The van der Waals surface area contributed by atoms with E-state index >= 15 is 0 Å². The van der Waals surface area contributed by atoms with Crippen LogP contribution in [0.1, 0.15) is 30.4 Å². The molecule has 2 fully saturated rings. The van der Waals surface area contributed by atoms with Crippen molar-refractivity contribution < 1.29 is 9.59 Å². The van der Waals surface area contributed by atoms with E-state index in [1.54, 1.807) is 17.3 Å². The van der Waals surface area contributed by atoms with Gasteiger partial charge in [0.15, 0.2) is 0 Å². The maximum absolute atomic E-state index is 12.9. The van der Waals surface area contributed by atoms with Crippen molar-refractivity contribution in [2.24, 2.45) is 11.8 Å². The van der Waals surface area contributed by atoms with Crippen LogP contribution in [0.2, 0.25) is 0 Å². The minimum absolute atomic E-state index is 0.0705. The van der Waals surface area contributed by atoms with Crippen LogP contribution in [0.4, 0.5) is 0 Å². The Kier molecular flexibility index (Phi) is 5.70. The number of piperidine rings is 1. The summed E-state index contributed by atoms with van der Waals surface area (Å²) in [4.78, 5) is 33.2. The van der Waals surface area contributed by atoms with Crippen molar-refractivity contribution >= 4 is 11.8 Å². The predicted octanol–water partition coefficient (Wildman–Crippen LogP) is 2.91. The Morgan fingerprint density at radius 1 is 1.04 bits per heavy atom. The van der Waals surface area contributed by atoms with Crippen molar-refractivity contribution in [1.29, 1.82) is 0 Å². The Bertz CT molecular complexity index is 801. The summed E-state index contributed by atoms with van der Waals surface area (Å²) in [6.45, 7) is 2.68. The van der Waals surface area contributed by atoms with Gasteiger partial charge in [-0.15, -0.1) is 0 Å². The van der Waals surface area contributed by atoms with Crippen molar-refractivity contribution in [1.82, 2.24) is 14.8 Å². The van der Waals surface area contributed by atoms with Crippen molar-refractivity contribution in [3.05, 3.63) is 66.0 Å². The van der Waals surface area contributed by atoms with Gasteiger partial charge in [0.1, 0.15) is 0 Å². The van der Waals surface area contributed by atoms with Crippen molar-refractivity contribution in [3.8, 4) is 0 Å². The first-order chi connectivity index (χ1) is 13.7. The molecule has 5 nitrogen and oxygen atoms in total. The summed E-state index contributed by atoms with van der Waals surface area (Å²) in [5.74, 6) is 0.662. The van der Waals surface area contributed by atoms with Crippen molar-refractivity contribution in [2.45, 2.75) is 32.2 Å². The molecule has 4 rings (SSSR count). The summed E-state index contributed by atoms with van der Waals surface area (Å²) in [7, 11) is 0. The highest BCUT2D eigenvalue weighted by atomic mass is 16.2. The lowest BCUT2D eigenvalue weighted by atomic mass is 9.89. The number of nitrogens with zero attached hydrogens (tertiary/aromatic N) is 3. The van der Waals surface area contributed by atoms with Crippen LogP contribution in [0.25, 0.3) is 0 Å². The molecule has 1 aromatic heterocycles. The smallest absolute Gasteiger partial charge is 0.227 e. The Hall–Kier alpha value is -2.69. The largest absolute Gasteiger partial charge is 0.342 e. The molecule has 0 aliphatic carbocycles. The third-order valence-electron chi connectivity index (χ3n) is 5.95. The number of aromatic nitrogens is 1. The van der Waals surface area contributed by atoms with Crippen LogP contribution in [0.3, 0.4) is 0 Å². The molecule has 5 heteroatoms. The fourth-order valence-electron chi connectivity index (χ4n) is 4.37. The lowest BCUT2D eigenvalue weighted by Gasteiger charge is -2.33. The van der Waals surface area contributed by atoms with Gasteiger partial charge in [-0.05, 0) is 42.4 Å². The summed E-state index contributed by atoms with van der Waals surface area (Å²) in [6, 6.07) is 14.4. The van der Waals surface area contributed by atoms with Crippen molar-refractivity contribution in [2.75, 3.05) is 19.6 Å². The molecule has 2 amide bonds. The van der Waals surface area contributed by atoms with Crippen LogP contribution >= 0.6 is 0 Å². The monoisotopic (exact) mass is 377 g/mol. The zero-order valence-electron chi connectivity index (χ0n) is 16.2. The zero-order valence-corrected chi connectivity index (χ0v) is 16.2. The van der Waals surface area contributed by atoms with Gasteiger partial charge in [0, 0.05) is 45.0 Å². The highest BCUT2D eigenvalue weighted by Crippen LogP contribution is 2.26. The molecule has 3 heterocycles. The fourth-order valence-corrected chi connectivity index (χ4v) is 4.37. The van der Waals surface area contributed by atoms with Gasteiger partial charge in [0.05, 0.1) is 5.92 Å². The average molecular weight is 377 g/mol. The number of likely N-dealkylation sites (tertiary alicyclic amines) is 2. The average Bonchev–Trinajstić information content (AvgIpc) is 3.10. The molecule has 0 spiro atoms. The van der Waals surface area contributed by atoms with E-state index in [0.29, 0.717) is 25.4 Å². The molecule has 146 valence electrons. The topological polar surface area (TPSA) is 53.5 Å². The van der Waals surface area contributed by atoms with E-state index in [4.69, 9.17) is 0 Å². The first-order valence-electron chi connectivity index (χ1n) is 10.2. The van der Waals surface area contributed by atoms with Crippen LogP contribution in [0, 0.1) is 11.8 Å². The number of hydrogen-bond acceptors (Lipinski definition) is 3. The molecule has 2 saturated heterocycles. The molecule has 0 N–H and O–H groups in total. The van der Waals surface area contributed by atoms with Crippen molar-refractivity contribution in [3.63, 3.8) is 0 Å². The molecular formula is C23H27N3O2. The molecule has 1 aromatic carbocycles. The Labute approximate surface area is 166 Å². The lowest BCUT2D eigenvalue weighted by Crippen LogP contribution is -2.42. The molecule has 2 aliphatic rings. The minimum Gasteiger partial charge on any atom is -0.342 e. The van der Waals surface area contributed by atoms with Gasteiger partial charge >= 0.3 is 0 Å². The second kappa shape index (κ2) is 8.55. The van der Waals surface area contributed by atoms with E-state index in [0.717, 1.165) is 37.9 Å². The number of carbonyl (C=O) groups is 2. The van der Waals surface area contributed by atoms with Gasteiger partial charge in [0.2, 0.25) is 11.8 Å². The third kappa shape index (κ3) is 4.41. The molecular weight excluding hydrogens is 350 g/mol. The molecule has 1 atom stereocenters. The number of hydrogen-bond donors (Lipinski definition) is 0. The number of carbonyl (C=O) groups excluding carboxylic acids is 2. The van der Waals surface area contributed by atoms with E-state index in [9.17, 15) is 9.59 Å². The number of amides is 2. The number of benzene rings is 1. The Morgan fingerprint density at radius 3 is 2.50 bits per heavy atom. The highest BCUT2D eigenvalue weighted by Gasteiger charge is 2.37. The van der Waals surface area contributed by atoms with Crippen LogP contribution in [0.5, 0.6) is 0 Å².